The van der Waals surface area contributed by atoms with Crippen LogP contribution in [0.4, 0.5) is 0 Å². The average Bonchev–Trinajstić information content (AvgIpc) is 3.36. The smallest absolute Gasteiger partial charge is 0.437 e. The second-order valence-electron chi connectivity index (χ2n) is 5.71. The van der Waals surface area contributed by atoms with Crippen molar-refractivity contribution in [2.75, 3.05) is 6.61 Å². The predicted octanol–water partition coefficient (Wildman–Crippen LogP) is 0.552. The number of aromatic nitrogens is 2. The van der Waals surface area contributed by atoms with Gasteiger partial charge < -0.3 is 13.9 Å². The molecule has 2 amide bonds. The third-order valence-corrected chi connectivity index (χ3v) is 4.62. The number of carbonyl (C=O) groups excluding carboxylic acids is 2. The molecule has 0 aliphatic carbocycles. The van der Waals surface area contributed by atoms with Crippen molar-refractivity contribution in [3.63, 3.8) is 0 Å². The molecular formula is C17H14N4O6S. The summed E-state index contributed by atoms with van der Waals surface area (Å²) in [6.45, 7) is -0.412. The molecule has 1 aliphatic rings. The minimum absolute atomic E-state index is 0.00559. The number of thiophene rings is 1. The Bertz CT molecular complexity index is 1060. The van der Waals surface area contributed by atoms with Crippen molar-refractivity contribution >= 4 is 23.2 Å². The summed E-state index contributed by atoms with van der Waals surface area (Å²) in [5.74, 6) is -0.903. The van der Waals surface area contributed by atoms with Gasteiger partial charge in [0.05, 0.1) is 4.88 Å². The fraction of sp³-hybridized carbons (Fsp3) is 0.176. The molecule has 0 saturated carbocycles. The third kappa shape index (κ3) is 3.74. The highest BCUT2D eigenvalue weighted by Crippen LogP contribution is 2.30. The highest BCUT2D eigenvalue weighted by molar-refractivity contribution is 7.13. The molecule has 0 bridgehead atoms. The molecule has 11 heteroatoms. The van der Waals surface area contributed by atoms with Crippen LogP contribution in [0.1, 0.15) is 0 Å². The van der Waals surface area contributed by atoms with Gasteiger partial charge in [-0.25, -0.2) is 4.79 Å². The predicted molar refractivity (Wildman–Crippen MR) is 96.7 cm³/mol. The molecular weight excluding hydrogens is 388 g/mol. The Morgan fingerprint density at radius 3 is 2.79 bits per heavy atom. The third-order valence-electron chi connectivity index (χ3n) is 3.76. The zero-order valence-electron chi connectivity index (χ0n) is 14.3. The van der Waals surface area contributed by atoms with Crippen LogP contribution in [0.15, 0.2) is 51.0 Å². The van der Waals surface area contributed by atoms with Gasteiger partial charge in [-0.3, -0.25) is 20.4 Å². The zero-order chi connectivity index (χ0) is 19.5. The maximum absolute atomic E-state index is 12.2. The fourth-order valence-electron chi connectivity index (χ4n) is 2.44. The Balaban J connectivity index is 1.31. The van der Waals surface area contributed by atoms with Crippen molar-refractivity contribution in [3.8, 4) is 22.3 Å². The van der Waals surface area contributed by atoms with Crippen molar-refractivity contribution in [2.24, 2.45) is 0 Å². The number of hydrogen-bond donors (Lipinski definition) is 2. The standard InChI is InChI=1S/C17H14N4O6S/c22-14(8-21-17(24)27-16(20-21)13-6-3-7-28-13)18-19-15(23)12-9-25-10-4-1-2-5-11(10)26-12/h1-7,12H,8-9H2,(H,18,22)(H,19,23)/t12-/m1/s1. The molecule has 3 aromatic rings. The lowest BCUT2D eigenvalue weighted by molar-refractivity contribution is -0.135. The van der Waals surface area contributed by atoms with Crippen molar-refractivity contribution in [3.05, 3.63) is 52.3 Å². The molecule has 10 nitrogen and oxygen atoms in total. The second kappa shape index (κ2) is 7.56. The first kappa shape index (κ1) is 17.8. The van der Waals surface area contributed by atoms with Gasteiger partial charge in [0.15, 0.2) is 11.5 Å². The Labute approximate surface area is 161 Å². The van der Waals surface area contributed by atoms with Gasteiger partial charge in [-0.05, 0) is 23.6 Å². The largest absolute Gasteiger partial charge is 0.485 e. The maximum Gasteiger partial charge on any atom is 0.437 e. The van der Waals surface area contributed by atoms with E-state index in [2.05, 4.69) is 16.0 Å². The van der Waals surface area contributed by atoms with E-state index in [0.29, 0.717) is 16.4 Å². The van der Waals surface area contributed by atoms with Gasteiger partial charge in [0.2, 0.25) is 6.10 Å². The lowest BCUT2D eigenvalue weighted by atomic mass is 10.2. The molecule has 0 unspecified atom stereocenters. The monoisotopic (exact) mass is 402 g/mol. The van der Waals surface area contributed by atoms with Crippen LogP contribution in [0.25, 0.3) is 10.8 Å². The van der Waals surface area contributed by atoms with Crippen LogP contribution in [-0.2, 0) is 16.1 Å². The summed E-state index contributed by atoms with van der Waals surface area (Å²) in [5.41, 5.74) is 4.45. The zero-order valence-corrected chi connectivity index (χ0v) is 15.1. The molecule has 28 heavy (non-hydrogen) atoms. The molecule has 3 heterocycles. The van der Waals surface area contributed by atoms with Crippen LogP contribution in [0.5, 0.6) is 11.5 Å². The minimum atomic E-state index is -0.921. The number of nitrogens with zero attached hydrogens (tertiary/aromatic N) is 2. The lowest BCUT2D eigenvalue weighted by Gasteiger charge is -2.25. The van der Waals surface area contributed by atoms with Crippen LogP contribution >= 0.6 is 11.3 Å². The van der Waals surface area contributed by atoms with E-state index >= 15 is 0 Å². The second-order valence-corrected chi connectivity index (χ2v) is 6.66. The van der Waals surface area contributed by atoms with E-state index in [1.165, 1.54) is 11.3 Å². The Hall–Kier alpha value is -3.60. The number of hydrazine groups is 1. The molecule has 0 spiro atoms. The number of amides is 2. The van der Waals surface area contributed by atoms with Gasteiger partial charge in [-0.2, -0.15) is 4.68 Å². The number of rotatable bonds is 4. The van der Waals surface area contributed by atoms with Crippen molar-refractivity contribution in [1.29, 1.82) is 0 Å². The van der Waals surface area contributed by atoms with E-state index < -0.39 is 30.2 Å². The molecule has 2 aromatic heterocycles. The van der Waals surface area contributed by atoms with Crippen molar-refractivity contribution in [1.82, 2.24) is 20.6 Å². The van der Waals surface area contributed by atoms with Crippen LogP contribution in [0, 0.1) is 0 Å². The number of fused-ring (bicyclic) bond motifs is 1. The van der Waals surface area contributed by atoms with Crippen LogP contribution < -0.4 is 26.1 Å². The molecule has 1 aliphatic heterocycles. The first-order valence-electron chi connectivity index (χ1n) is 8.19. The summed E-state index contributed by atoms with van der Waals surface area (Å²) in [6, 6.07) is 10.5. The molecule has 0 radical (unpaired) electrons. The minimum Gasteiger partial charge on any atom is -0.485 e. The number of benzene rings is 1. The van der Waals surface area contributed by atoms with Crippen LogP contribution in [0.2, 0.25) is 0 Å². The number of para-hydroxylation sites is 2. The van der Waals surface area contributed by atoms with Gasteiger partial charge in [-0.15, -0.1) is 16.4 Å². The molecule has 4 rings (SSSR count). The van der Waals surface area contributed by atoms with Gasteiger partial charge >= 0.3 is 5.76 Å². The quantitative estimate of drug-likeness (QED) is 0.611. The first-order chi connectivity index (χ1) is 13.6. The molecule has 144 valence electrons. The maximum atomic E-state index is 12.2. The summed E-state index contributed by atoms with van der Waals surface area (Å²) < 4.78 is 16.9. The Kier molecular flexibility index (Phi) is 4.81. The topological polar surface area (TPSA) is 125 Å². The highest BCUT2D eigenvalue weighted by Gasteiger charge is 2.27. The van der Waals surface area contributed by atoms with Crippen molar-refractivity contribution in [2.45, 2.75) is 12.6 Å². The summed E-state index contributed by atoms with van der Waals surface area (Å²) in [6.07, 6.45) is -0.921. The van der Waals surface area contributed by atoms with Gasteiger partial charge in [0.1, 0.15) is 13.2 Å². The summed E-state index contributed by atoms with van der Waals surface area (Å²) in [4.78, 5) is 36.6. The van der Waals surface area contributed by atoms with Crippen LogP contribution in [-0.4, -0.2) is 34.3 Å². The van der Waals surface area contributed by atoms with Crippen molar-refractivity contribution < 1.29 is 23.5 Å². The van der Waals surface area contributed by atoms with E-state index in [-0.39, 0.29) is 12.5 Å². The number of hydrogen-bond acceptors (Lipinski definition) is 8. The van der Waals surface area contributed by atoms with Gasteiger partial charge in [0.25, 0.3) is 17.7 Å². The van der Waals surface area contributed by atoms with E-state index in [1.54, 1.807) is 36.4 Å². The van der Waals surface area contributed by atoms with E-state index in [9.17, 15) is 14.4 Å². The first-order valence-corrected chi connectivity index (χ1v) is 9.07. The number of carbonyl (C=O) groups is 2. The fourth-order valence-corrected chi connectivity index (χ4v) is 3.09. The van der Waals surface area contributed by atoms with Gasteiger partial charge in [0, 0.05) is 0 Å². The molecule has 0 fully saturated rings. The molecule has 0 saturated heterocycles. The van der Waals surface area contributed by atoms with Crippen LogP contribution in [0.3, 0.4) is 0 Å². The lowest BCUT2D eigenvalue weighted by Crippen LogP contribution is -2.51. The summed E-state index contributed by atoms with van der Waals surface area (Å²) in [5, 5.41) is 5.78. The number of ether oxygens (including phenoxy) is 2. The Morgan fingerprint density at radius 1 is 1.18 bits per heavy atom. The average molecular weight is 402 g/mol. The molecule has 2 N–H and O–H groups in total. The van der Waals surface area contributed by atoms with E-state index in [0.717, 1.165) is 4.68 Å². The van der Waals surface area contributed by atoms with E-state index in [1.807, 2.05) is 5.38 Å². The SMILES string of the molecule is O=C(Cn1nc(-c2cccs2)oc1=O)NNC(=O)[C@H]1COc2ccccc2O1. The summed E-state index contributed by atoms with van der Waals surface area (Å²) in [7, 11) is 0. The number of nitrogens with one attached hydrogen (secondary N) is 2. The Morgan fingerprint density at radius 2 is 2.00 bits per heavy atom. The molecule has 1 aromatic carbocycles. The van der Waals surface area contributed by atoms with E-state index in [4.69, 9.17) is 13.9 Å². The highest BCUT2D eigenvalue weighted by atomic mass is 32.1. The van der Waals surface area contributed by atoms with Gasteiger partial charge in [-0.1, -0.05) is 18.2 Å². The normalized spacial score (nSPS) is 15.1. The molecule has 1 atom stereocenters. The summed E-state index contributed by atoms with van der Waals surface area (Å²) >= 11 is 1.35.